The normalized spacial score (nSPS) is 10.9. The first kappa shape index (κ1) is 20.4. The molecule has 2 rings (SSSR count). The second-order valence-corrected chi connectivity index (χ2v) is 7.92. The number of nitrogens with zero attached hydrogens (tertiary/aromatic N) is 1. The van der Waals surface area contributed by atoms with Gasteiger partial charge in [-0.3, -0.25) is 30.6 Å². The van der Waals surface area contributed by atoms with Crippen LogP contribution in [0, 0.1) is 10.1 Å². The molecule has 142 valence electrons. The number of hydrogen-bond donors (Lipinski definition) is 2. The van der Waals surface area contributed by atoms with E-state index in [-0.39, 0.29) is 22.8 Å². The van der Waals surface area contributed by atoms with Gasteiger partial charge in [-0.2, -0.15) is 0 Å². The van der Waals surface area contributed by atoms with Gasteiger partial charge in [-0.1, -0.05) is 32.9 Å². The van der Waals surface area contributed by atoms with E-state index in [0.717, 1.165) is 10.5 Å². The third-order valence-electron chi connectivity index (χ3n) is 3.75. The van der Waals surface area contributed by atoms with Gasteiger partial charge in [-0.15, -0.1) is 11.8 Å². The van der Waals surface area contributed by atoms with Crippen LogP contribution < -0.4 is 10.9 Å². The predicted octanol–water partition coefficient (Wildman–Crippen LogP) is 3.45. The lowest BCUT2D eigenvalue weighted by Crippen LogP contribution is -2.42. The SMILES string of the molecule is CC(C)(C)c1ccc(C(=O)NNC(=O)CSc2ccc([N+](=O)[O-])cc2)cc1. The molecule has 0 radical (unpaired) electrons. The fourth-order valence-corrected chi connectivity index (χ4v) is 2.87. The van der Waals surface area contributed by atoms with Gasteiger partial charge < -0.3 is 0 Å². The van der Waals surface area contributed by atoms with Gasteiger partial charge in [0.15, 0.2) is 0 Å². The average molecular weight is 387 g/mol. The molecule has 8 heteroatoms. The molecule has 0 bridgehead atoms. The summed E-state index contributed by atoms with van der Waals surface area (Å²) in [6.07, 6.45) is 0. The molecule has 0 saturated heterocycles. The van der Waals surface area contributed by atoms with Gasteiger partial charge in [-0.05, 0) is 35.2 Å². The molecular weight excluding hydrogens is 366 g/mol. The Labute approximate surface area is 161 Å². The van der Waals surface area contributed by atoms with Crippen molar-refractivity contribution >= 4 is 29.3 Å². The summed E-state index contributed by atoms with van der Waals surface area (Å²) in [5.41, 5.74) is 6.29. The predicted molar refractivity (Wildman–Crippen MR) is 105 cm³/mol. The Kier molecular flexibility index (Phi) is 6.57. The van der Waals surface area contributed by atoms with E-state index in [1.807, 2.05) is 12.1 Å². The highest BCUT2D eigenvalue weighted by Gasteiger charge is 2.14. The Morgan fingerprint density at radius 2 is 1.59 bits per heavy atom. The van der Waals surface area contributed by atoms with Gasteiger partial charge in [0.1, 0.15) is 0 Å². The van der Waals surface area contributed by atoms with Crippen molar-refractivity contribution in [3.63, 3.8) is 0 Å². The van der Waals surface area contributed by atoms with Crippen LogP contribution in [-0.4, -0.2) is 22.5 Å². The largest absolute Gasteiger partial charge is 0.272 e. The molecule has 0 aliphatic carbocycles. The maximum absolute atomic E-state index is 12.1. The number of rotatable bonds is 5. The standard InChI is InChI=1S/C19H21N3O4S/c1-19(2,3)14-6-4-13(5-7-14)18(24)21-20-17(23)12-27-16-10-8-15(9-11-16)22(25)26/h4-11H,12H2,1-3H3,(H,20,23)(H,21,24). The molecule has 0 unspecified atom stereocenters. The summed E-state index contributed by atoms with van der Waals surface area (Å²) < 4.78 is 0. The van der Waals surface area contributed by atoms with E-state index < -0.39 is 10.8 Å². The monoisotopic (exact) mass is 387 g/mol. The molecule has 27 heavy (non-hydrogen) atoms. The molecule has 0 aliphatic heterocycles. The Balaban J connectivity index is 1.81. The third-order valence-corrected chi connectivity index (χ3v) is 4.76. The summed E-state index contributed by atoms with van der Waals surface area (Å²) in [6, 6.07) is 13.1. The van der Waals surface area contributed by atoms with Gasteiger partial charge in [0.2, 0.25) is 5.91 Å². The first-order chi connectivity index (χ1) is 12.7. The van der Waals surface area contributed by atoms with Crippen LogP contribution in [0.5, 0.6) is 0 Å². The van der Waals surface area contributed by atoms with Crippen molar-refractivity contribution in [3.8, 4) is 0 Å². The average Bonchev–Trinajstić information content (AvgIpc) is 2.64. The van der Waals surface area contributed by atoms with Crippen LogP contribution in [0.2, 0.25) is 0 Å². The number of non-ortho nitro benzene ring substituents is 1. The maximum Gasteiger partial charge on any atom is 0.269 e. The quantitative estimate of drug-likeness (QED) is 0.465. The van der Waals surface area contributed by atoms with E-state index in [1.54, 1.807) is 24.3 Å². The molecule has 2 N–H and O–H groups in total. The minimum absolute atomic E-state index is 0.00167. The van der Waals surface area contributed by atoms with Gasteiger partial charge in [-0.25, -0.2) is 0 Å². The van der Waals surface area contributed by atoms with Crippen LogP contribution in [-0.2, 0) is 10.2 Å². The van der Waals surface area contributed by atoms with Crippen molar-refractivity contribution in [1.82, 2.24) is 10.9 Å². The molecule has 2 aromatic rings. The molecule has 0 heterocycles. The molecule has 7 nitrogen and oxygen atoms in total. The van der Waals surface area contributed by atoms with Crippen molar-refractivity contribution in [3.05, 3.63) is 69.8 Å². The summed E-state index contributed by atoms with van der Waals surface area (Å²) in [5.74, 6) is -0.705. The number of nitrogens with one attached hydrogen (secondary N) is 2. The molecule has 0 spiro atoms. The highest BCUT2D eigenvalue weighted by molar-refractivity contribution is 8.00. The number of nitro benzene ring substituents is 1. The van der Waals surface area contributed by atoms with E-state index in [1.165, 1.54) is 23.9 Å². The van der Waals surface area contributed by atoms with E-state index in [2.05, 4.69) is 31.6 Å². The lowest BCUT2D eigenvalue weighted by Gasteiger charge is -2.19. The molecule has 2 amide bonds. The van der Waals surface area contributed by atoms with Crippen LogP contribution in [0.3, 0.4) is 0 Å². The second-order valence-electron chi connectivity index (χ2n) is 6.87. The van der Waals surface area contributed by atoms with Gasteiger partial charge >= 0.3 is 0 Å². The number of amides is 2. The number of hydrazine groups is 1. The fourth-order valence-electron chi connectivity index (χ4n) is 2.17. The van der Waals surface area contributed by atoms with Crippen LogP contribution in [0.1, 0.15) is 36.7 Å². The molecular formula is C19H21N3O4S. The summed E-state index contributed by atoms with van der Waals surface area (Å²) >= 11 is 1.22. The lowest BCUT2D eigenvalue weighted by molar-refractivity contribution is -0.384. The highest BCUT2D eigenvalue weighted by Crippen LogP contribution is 2.22. The zero-order chi connectivity index (χ0) is 20.0. The molecule has 0 saturated carbocycles. The third kappa shape index (κ3) is 6.10. The lowest BCUT2D eigenvalue weighted by atomic mass is 9.87. The van der Waals surface area contributed by atoms with Crippen LogP contribution in [0.15, 0.2) is 53.4 Å². The van der Waals surface area contributed by atoms with E-state index in [4.69, 9.17) is 0 Å². The number of thioether (sulfide) groups is 1. The number of carbonyl (C=O) groups excluding carboxylic acids is 2. The van der Waals surface area contributed by atoms with Crippen LogP contribution in [0.4, 0.5) is 5.69 Å². The summed E-state index contributed by atoms with van der Waals surface area (Å²) in [6.45, 7) is 6.26. The van der Waals surface area contributed by atoms with E-state index in [9.17, 15) is 19.7 Å². The smallest absolute Gasteiger partial charge is 0.269 e. The maximum atomic E-state index is 12.1. The van der Waals surface area contributed by atoms with Gasteiger partial charge in [0.05, 0.1) is 10.7 Å². The summed E-state index contributed by atoms with van der Waals surface area (Å²) in [7, 11) is 0. The van der Waals surface area contributed by atoms with Crippen molar-refractivity contribution < 1.29 is 14.5 Å². The van der Waals surface area contributed by atoms with Crippen molar-refractivity contribution in [2.75, 3.05) is 5.75 Å². The first-order valence-electron chi connectivity index (χ1n) is 8.24. The Morgan fingerprint density at radius 3 is 2.11 bits per heavy atom. The fraction of sp³-hybridized carbons (Fsp3) is 0.263. The zero-order valence-electron chi connectivity index (χ0n) is 15.3. The Hall–Kier alpha value is -2.87. The highest BCUT2D eigenvalue weighted by atomic mass is 32.2. The van der Waals surface area contributed by atoms with Crippen molar-refractivity contribution in [1.29, 1.82) is 0 Å². The summed E-state index contributed by atoms with van der Waals surface area (Å²) in [5, 5.41) is 10.6. The molecule has 0 aliphatic rings. The number of hydrogen-bond acceptors (Lipinski definition) is 5. The Bertz CT molecular complexity index is 828. The van der Waals surface area contributed by atoms with Gasteiger partial charge in [0.25, 0.3) is 11.6 Å². The summed E-state index contributed by atoms with van der Waals surface area (Å²) in [4.78, 5) is 34.8. The number of carbonyl (C=O) groups is 2. The Morgan fingerprint density at radius 1 is 1.00 bits per heavy atom. The van der Waals surface area contributed by atoms with Crippen LogP contribution in [0.25, 0.3) is 0 Å². The molecule has 0 fully saturated rings. The number of benzene rings is 2. The molecule has 0 aromatic heterocycles. The topological polar surface area (TPSA) is 101 Å². The van der Waals surface area contributed by atoms with Crippen molar-refractivity contribution in [2.24, 2.45) is 0 Å². The number of nitro groups is 1. The minimum Gasteiger partial charge on any atom is -0.272 e. The second kappa shape index (κ2) is 8.68. The minimum atomic E-state index is -0.481. The van der Waals surface area contributed by atoms with Gasteiger partial charge in [0, 0.05) is 22.6 Å². The van der Waals surface area contributed by atoms with E-state index in [0.29, 0.717) is 5.56 Å². The van der Waals surface area contributed by atoms with Crippen molar-refractivity contribution in [2.45, 2.75) is 31.1 Å². The van der Waals surface area contributed by atoms with E-state index >= 15 is 0 Å². The van der Waals surface area contributed by atoms with Crippen LogP contribution >= 0.6 is 11.8 Å². The molecule has 0 atom stereocenters. The molecule has 2 aromatic carbocycles. The zero-order valence-corrected chi connectivity index (χ0v) is 16.1. The first-order valence-corrected chi connectivity index (χ1v) is 9.22.